The van der Waals surface area contributed by atoms with Crippen LogP contribution in [0.1, 0.15) is 11.5 Å². The number of aromatic nitrogens is 4. The highest BCUT2D eigenvalue weighted by Crippen LogP contribution is 2.24. The largest absolute Gasteiger partial charge is 0.368 e. The molecule has 5 nitrogen and oxygen atoms in total. The summed E-state index contributed by atoms with van der Waals surface area (Å²) in [7, 11) is 1.97. The Labute approximate surface area is 102 Å². The first-order chi connectivity index (χ1) is 8.24. The summed E-state index contributed by atoms with van der Waals surface area (Å²) in [6.45, 7) is 0. The number of nitrogens with two attached hydrogens (primary N) is 1. The number of imidazole rings is 1. The lowest BCUT2D eigenvalue weighted by atomic mass is 10.2. The van der Waals surface area contributed by atoms with E-state index in [4.69, 9.17) is 5.73 Å². The van der Waals surface area contributed by atoms with Crippen LogP contribution < -0.4 is 5.73 Å². The number of fused-ring (bicyclic) bond motifs is 1. The van der Waals surface area contributed by atoms with Crippen molar-refractivity contribution in [2.24, 2.45) is 7.05 Å². The predicted octanol–water partition coefficient (Wildman–Crippen LogP) is 1.60. The molecule has 0 aliphatic carbocycles. The molecule has 0 atom stereocenters. The predicted molar refractivity (Wildman–Crippen MR) is 67.8 cm³/mol. The third-order valence-corrected chi connectivity index (χ3v) is 3.59. The zero-order valence-corrected chi connectivity index (χ0v) is 10.1. The van der Waals surface area contributed by atoms with Crippen LogP contribution in [0.5, 0.6) is 0 Å². The molecule has 0 unspecified atom stereocenters. The molecule has 0 amide bonds. The van der Waals surface area contributed by atoms with Crippen LogP contribution in [0.2, 0.25) is 0 Å². The standard InChI is InChI=1S/C11H11N5S/c1-16-4-3-13-9(16)6-8-10-7(2-5-17-10)14-11(12)15-8/h2-5H,6H2,1H3,(H2,12,14,15). The van der Waals surface area contributed by atoms with E-state index in [9.17, 15) is 0 Å². The summed E-state index contributed by atoms with van der Waals surface area (Å²) in [6.07, 6.45) is 4.38. The van der Waals surface area contributed by atoms with E-state index in [0.717, 1.165) is 21.7 Å². The Balaban J connectivity index is 2.11. The molecule has 0 spiro atoms. The van der Waals surface area contributed by atoms with Gasteiger partial charge in [-0.3, -0.25) is 0 Å². The average molecular weight is 245 g/mol. The summed E-state index contributed by atoms with van der Waals surface area (Å²) in [5.74, 6) is 1.29. The first-order valence-corrected chi connectivity index (χ1v) is 6.08. The average Bonchev–Trinajstić information content (AvgIpc) is 2.88. The van der Waals surface area contributed by atoms with Crippen LogP contribution in [-0.4, -0.2) is 19.5 Å². The second-order valence-electron chi connectivity index (χ2n) is 3.79. The van der Waals surface area contributed by atoms with Gasteiger partial charge < -0.3 is 10.3 Å². The normalized spacial score (nSPS) is 11.1. The van der Waals surface area contributed by atoms with Crippen LogP contribution in [0, 0.1) is 0 Å². The van der Waals surface area contributed by atoms with Crippen molar-refractivity contribution in [3.05, 3.63) is 35.4 Å². The van der Waals surface area contributed by atoms with Gasteiger partial charge in [0.05, 0.1) is 15.9 Å². The topological polar surface area (TPSA) is 69.6 Å². The Morgan fingerprint density at radius 2 is 2.29 bits per heavy atom. The maximum atomic E-state index is 5.71. The smallest absolute Gasteiger partial charge is 0.220 e. The minimum Gasteiger partial charge on any atom is -0.368 e. The van der Waals surface area contributed by atoms with Gasteiger partial charge in [0, 0.05) is 25.9 Å². The minimum atomic E-state index is 0.320. The first-order valence-electron chi connectivity index (χ1n) is 5.20. The fraction of sp³-hybridized carbons (Fsp3) is 0.182. The Hall–Kier alpha value is -1.95. The fourth-order valence-electron chi connectivity index (χ4n) is 1.78. The van der Waals surface area contributed by atoms with Gasteiger partial charge in [-0.2, -0.15) is 0 Å². The van der Waals surface area contributed by atoms with Crippen LogP contribution in [0.15, 0.2) is 23.8 Å². The fourth-order valence-corrected chi connectivity index (χ4v) is 2.60. The van der Waals surface area contributed by atoms with E-state index in [-0.39, 0.29) is 0 Å². The van der Waals surface area contributed by atoms with Crippen molar-refractivity contribution in [2.45, 2.75) is 6.42 Å². The molecular formula is C11H11N5S. The van der Waals surface area contributed by atoms with Crippen molar-refractivity contribution in [1.82, 2.24) is 19.5 Å². The highest BCUT2D eigenvalue weighted by molar-refractivity contribution is 7.17. The monoisotopic (exact) mass is 245 g/mol. The molecule has 3 aromatic rings. The van der Waals surface area contributed by atoms with Crippen LogP contribution in [-0.2, 0) is 13.5 Å². The molecule has 0 aromatic carbocycles. The van der Waals surface area contributed by atoms with Crippen LogP contribution in [0.3, 0.4) is 0 Å². The van der Waals surface area contributed by atoms with Gasteiger partial charge in [-0.1, -0.05) is 0 Å². The molecule has 0 aliphatic heterocycles. The summed E-state index contributed by atoms with van der Waals surface area (Å²) in [6, 6.07) is 1.96. The van der Waals surface area contributed by atoms with E-state index < -0.39 is 0 Å². The molecule has 3 rings (SSSR count). The Morgan fingerprint density at radius 1 is 1.41 bits per heavy atom. The van der Waals surface area contributed by atoms with Crippen molar-refractivity contribution >= 4 is 27.5 Å². The lowest BCUT2D eigenvalue weighted by Gasteiger charge is -2.03. The molecule has 86 valence electrons. The highest BCUT2D eigenvalue weighted by atomic mass is 32.1. The van der Waals surface area contributed by atoms with E-state index in [1.165, 1.54) is 0 Å². The number of rotatable bonds is 2. The Morgan fingerprint density at radius 3 is 3.06 bits per heavy atom. The van der Waals surface area contributed by atoms with E-state index in [1.807, 2.05) is 29.3 Å². The maximum absolute atomic E-state index is 5.71. The molecule has 0 aliphatic rings. The molecule has 3 heterocycles. The molecule has 0 fully saturated rings. The third-order valence-electron chi connectivity index (χ3n) is 2.64. The summed E-state index contributed by atoms with van der Waals surface area (Å²) in [5, 5.41) is 2.00. The number of anilines is 1. The molecule has 17 heavy (non-hydrogen) atoms. The SMILES string of the molecule is Cn1ccnc1Cc1nc(N)nc2ccsc12. The van der Waals surface area contributed by atoms with E-state index >= 15 is 0 Å². The van der Waals surface area contributed by atoms with Gasteiger partial charge in [0.15, 0.2) is 0 Å². The second kappa shape index (κ2) is 3.81. The number of hydrogen-bond acceptors (Lipinski definition) is 5. The van der Waals surface area contributed by atoms with Crippen LogP contribution in [0.4, 0.5) is 5.95 Å². The maximum Gasteiger partial charge on any atom is 0.220 e. The first kappa shape index (κ1) is 10.2. The summed E-state index contributed by atoms with van der Waals surface area (Å²) >= 11 is 1.63. The third kappa shape index (κ3) is 1.76. The van der Waals surface area contributed by atoms with Crippen molar-refractivity contribution in [3.8, 4) is 0 Å². The van der Waals surface area contributed by atoms with Crippen molar-refractivity contribution in [3.63, 3.8) is 0 Å². The quantitative estimate of drug-likeness (QED) is 0.744. The Bertz CT molecular complexity index is 669. The van der Waals surface area contributed by atoms with Crippen LogP contribution >= 0.6 is 11.3 Å². The van der Waals surface area contributed by atoms with Crippen molar-refractivity contribution < 1.29 is 0 Å². The minimum absolute atomic E-state index is 0.320. The van der Waals surface area contributed by atoms with Gasteiger partial charge in [-0.05, 0) is 11.4 Å². The van der Waals surface area contributed by atoms with Crippen molar-refractivity contribution in [2.75, 3.05) is 5.73 Å². The molecule has 3 aromatic heterocycles. The zero-order chi connectivity index (χ0) is 11.8. The summed E-state index contributed by atoms with van der Waals surface area (Å²) < 4.78 is 3.07. The number of aryl methyl sites for hydroxylation is 1. The van der Waals surface area contributed by atoms with Gasteiger partial charge in [0.1, 0.15) is 5.82 Å². The van der Waals surface area contributed by atoms with Gasteiger partial charge in [0.2, 0.25) is 5.95 Å². The second-order valence-corrected chi connectivity index (χ2v) is 4.71. The highest BCUT2D eigenvalue weighted by Gasteiger charge is 2.10. The number of nitrogens with zero attached hydrogens (tertiary/aromatic N) is 4. The van der Waals surface area contributed by atoms with E-state index in [1.54, 1.807) is 17.5 Å². The molecule has 6 heteroatoms. The zero-order valence-electron chi connectivity index (χ0n) is 9.29. The van der Waals surface area contributed by atoms with E-state index in [0.29, 0.717) is 12.4 Å². The van der Waals surface area contributed by atoms with Gasteiger partial charge >= 0.3 is 0 Å². The van der Waals surface area contributed by atoms with Crippen molar-refractivity contribution in [1.29, 1.82) is 0 Å². The molecule has 0 bridgehead atoms. The molecule has 2 N–H and O–H groups in total. The number of thiophene rings is 1. The molecule has 0 radical (unpaired) electrons. The van der Waals surface area contributed by atoms with E-state index in [2.05, 4.69) is 15.0 Å². The van der Waals surface area contributed by atoms with Crippen LogP contribution in [0.25, 0.3) is 10.2 Å². The molecular weight excluding hydrogens is 234 g/mol. The number of hydrogen-bond donors (Lipinski definition) is 1. The molecule has 0 saturated heterocycles. The lowest BCUT2D eigenvalue weighted by molar-refractivity contribution is 0.814. The number of nitrogen functional groups attached to an aromatic ring is 1. The van der Waals surface area contributed by atoms with Gasteiger partial charge in [0.25, 0.3) is 0 Å². The van der Waals surface area contributed by atoms with Gasteiger partial charge in [-0.15, -0.1) is 11.3 Å². The Kier molecular flexibility index (Phi) is 2.29. The summed E-state index contributed by atoms with van der Waals surface area (Å²) in [4.78, 5) is 12.8. The summed E-state index contributed by atoms with van der Waals surface area (Å²) in [5.41, 5.74) is 7.56. The van der Waals surface area contributed by atoms with Gasteiger partial charge in [-0.25, -0.2) is 15.0 Å². The lowest BCUT2D eigenvalue weighted by Crippen LogP contribution is -2.03. The molecule has 0 saturated carbocycles.